The van der Waals surface area contributed by atoms with Gasteiger partial charge >= 0.3 is 6.18 Å². The average Bonchev–Trinajstić information content (AvgIpc) is 2.82. The second-order valence-electron chi connectivity index (χ2n) is 5.54. The van der Waals surface area contributed by atoms with E-state index in [1.165, 1.54) is 4.90 Å². The van der Waals surface area contributed by atoms with E-state index in [1.54, 1.807) is 0 Å². The highest BCUT2D eigenvalue weighted by Gasteiger charge is 2.32. The summed E-state index contributed by atoms with van der Waals surface area (Å²) in [4.78, 5) is 1.50. The fraction of sp³-hybridized carbons (Fsp3) is 1.00. The summed E-state index contributed by atoms with van der Waals surface area (Å²) in [6.07, 6.45) is 1.25. The monoisotopic (exact) mass is 280 g/mol. The van der Waals surface area contributed by atoms with Gasteiger partial charge in [0.05, 0.1) is 12.6 Å². The first-order valence-electron chi connectivity index (χ1n) is 7.17. The zero-order valence-electron chi connectivity index (χ0n) is 11.2. The molecular weight excluding hydrogens is 257 g/mol. The summed E-state index contributed by atoms with van der Waals surface area (Å²) in [6, 6.07) is 0.367. The van der Waals surface area contributed by atoms with E-state index in [4.69, 9.17) is 4.74 Å². The molecular formula is C13H23F3N2O. The molecule has 112 valence electrons. The van der Waals surface area contributed by atoms with Crippen LogP contribution in [0.3, 0.4) is 0 Å². The van der Waals surface area contributed by atoms with E-state index in [2.05, 4.69) is 5.32 Å². The minimum atomic E-state index is -4.07. The van der Waals surface area contributed by atoms with Crippen molar-refractivity contribution in [2.75, 3.05) is 32.8 Å². The average molecular weight is 280 g/mol. The maximum Gasteiger partial charge on any atom is 0.401 e. The van der Waals surface area contributed by atoms with E-state index in [9.17, 15) is 13.2 Å². The normalized spacial score (nSPS) is 27.0. The minimum absolute atomic E-state index is 0.367. The van der Waals surface area contributed by atoms with Crippen molar-refractivity contribution in [3.05, 3.63) is 0 Å². The van der Waals surface area contributed by atoms with Crippen molar-refractivity contribution in [1.82, 2.24) is 10.2 Å². The number of hydrogen-bond acceptors (Lipinski definition) is 3. The van der Waals surface area contributed by atoms with Crippen LogP contribution in [-0.4, -0.2) is 56.0 Å². The van der Waals surface area contributed by atoms with Gasteiger partial charge in [-0.3, -0.25) is 4.90 Å². The Balaban J connectivity index is 1.55. The molecule has 19 heavy (non-hydrogen) atoms. The van der Waals surface area contributed by atoms with Gasteiger partial charge in [-0.25, -0.2) is 0 Å². The molecule has 6 heteroatoms. The van der Waals surface area contributed by atoms with Gasteiger partial charge in [0.15, 0.2) is 0 Å². The molecule has 2 aliphatic rings. The van der Waals surface area contributed by atoms with E-state index < -0.39 is 12.7 Å². The van der Waals surface area contributed by atoms with Crippen LogP contribution in [0.25, 0.3) is 0 Å². The molecule has 0 spiro atoms. The Morgan fingerprint density at radius 2 is 1.89 bits per heavy atom. The maximum atomic E-state index is 12.2. The Bertz CT molecular complexity index is 259. The van der Waals surface area contributed by atoms with Crippen molar-refractivity contribution < 1.29 is 17.9 Å². The molecule has 0 amide bonds. The summed E-state index contributed by atoms with van der Waals surface area (Å²) in [6.45, 7) is 2.10. The number of halogens is 3. The number of nitrogens with zero attached hydrogens (tertiary/aromatic N) is 1. The molecule has 2 saturated heterocycles. The zero-order chi connectivity index (χ0) is 13.7. The van der Waals surface area contributed by atoms with Gasteiger partial charge in [0, 0.05) is 12.6 Å². The zero-order valence-corrected chi connectivity index (χ0v) is 11.2. The van der Waals surface area contributed by atoms with Crippen LogP contribution in [0, 0.1) is 0 Å². The van der Waals surface area contributed by atoms with Crippen LogP contribution in [-0.2, 0) is 4.74 Å². The molecule has 1 N–H and O–H groups in total. The van der Waals surface area contributed by atoms with Crippen molar-refractivity contribution in [3.63, 3.8) is 0 Å². The van der Waals surface area contributed by atoms with Gasteiger partial charge in [-0.1, -0.05) is 0 Å². The van der Waals surface area contributed by atoms with Gasteiger partial charge in [-0.05, 0) is 51.7 Å². The van der Waals surface area contributed by atoms with Crippen LogP contribution in [0.2, 0.25) is 0 Å². The first-order valence-corrected chi connectivity index (χ1v) is 7.17. The third kappa shape index (κ3) is 5.67. The highest BCUT2D eigenvalue weighted by atomic mass is 19.4. The number of rotatable bonds is 5. The Morgan fingerprint density at radius 1 is 1.16 bits per heavy atom. The molecule has 0 aliphatic carbocycles. The van der Waals surface area contributed by atoms with E-state index in [1.807, 2.05) is 0 Å². The summed E-state index contributed by atoms with van der Waals surface area (Å²) in [5.74, 6) is 0. The Hall–Kier alpha value is -0.330. The van der Waals surface area contributed by atoms with Crippen molar-refractivity contribution in [2.45, 2.75) is 50.4 Å². The summed E-state index contributed by atoms with van der Waals surface area (Å²) in [5, 5.41) is 3.44. The molecule has 3 nitrogen and oxygen atoms in total. The SMILES string of the molecule is FC(F)(F)CN1CCC(NCCC2CCCO2)CC1. The summed E-state index contributed by atoms with van der Waals surface area (Å²) in [7, 11) is 0. The lowest BCUT2D eigenvalue weighted by Crippen LogP contribution is -2.46. The molecule has 2 aliphatic heterocycles. The summed E-state index contributed by atoms with van der Waals surface area (Å²) in [5.41, 5.74) is 0. The maximum absolute atomic E-state index is 12.2. The van der Waals surface area contributed by atoms with Crippen molar-refractivity contribution in [3.8, 4) is 0 Å². The lowest BCUT2D eigenvalue weighted by Gasteiger charge is -2.33. The molecule has 0 aromatic heterocycles. The van der Waals surface area contributed by atoms with Gasteiger partial charge in [0.25, 0.3) is 0 Å². The van der Waals surface area contributed by atoms with E-state index in [0.717, 1.165) is 45.3 Å². The van der Waals surface area contributed by atoms with E-state index in [-0.39, 0.29) is 0 Å². The van der Waals surface area contributed by atoms with Gasteiger partial charge in [0.1, 0.15) is 0 Å². The number of nitrogens with one attached hydrogen (secondary N) is 1. The molecule has 2 heterocycles. The van der Waals surface area contributed by atoms with E-state index in [0.29, 0.717) is 25.2 Å². The molecule has 0 aromatic carbocycles. The lowest BCUT2D eigenvalue weighted by atomic mass is 10.0. The predicted molar refractivity (Wildman–Crippen MR) is 67.1 cm³/mol. The van der Waals surface area contributed by atoms with Gasteiger partial charge < -0.3 is 10.1 Å². The Labute approximate surface area is 112 Å². The summed E-state index contributed by atoms with van der Waals surface area (Å²) >= 11 is 0. The van der Waals surface area contributed by atoms with Crippen LogP contribution < -0.4 is 5.32 Å². The number of hydrogen-bond donors (Lipinski definition) is 1. The van der Waals surface area contributed by atoms with Crippen LogP contribution in [0.15, 0.2) is 0 Å². The van der Waals surface area contributed by atoms with Crippen molar-refractivity contribution >= 4 is 0 Å². The quantitative estimate of drug-likeness (QED) is 0.835. The molecule has 1 unspecified atom stereocenters. The van der Waals surface area contributed by atoms with Gasteiger partial charge in [-0.2, -0.15) is 13.2 Å². The highest BCUT2D eigenvalue weighted by Crippen LogP contribution is 2.20. The first-order chi connectivity index (χ1) is 9.03. The van der Waals surface area contributed by atoms with Crippen molar-refractivity contribution in [2.24, 2.45) is 0 Å². The second-order valence-corrected chi connectivity index (χ2v) is 5.54. The molecule has 0 aromatic rings. The van der Waals surface area contributed by atoms with Gasteiger partial charge in [0.2, 0.25) is 0 Å². The third-order valence-electron chi connectivity index (χ3n) is 3.91. The molecule has 0 radical (unpaired) electrons. The first kappa shape index (κ1) is 15.1. The Morgan fingerprint density at radius 3 is 2.47 bits per heavy atom. The van der Waals surface area contributed by atoms with Crippen LogP contribution >= 0.6 is 0 Å². The topological polar surface area (TPSA) is 24.5 Å². The number of alkyl halides is 3. The highest BCUT2D eigenvalue weighted by molar-refractivity contribution is 4.79. The van der Waals surface area contributed by atoms with E-state index >= 15 is 0 Å². The van der Waals surface area contributed by atoms with Crippen LogP contribution in [0.5, 0.6) is 0 Å². The fourth-order valence-corrected chi connectivity index (χ4v) is 2.87. The molecule has 0 bridgehead atoms. The molecule has 2 rings (SSSR count). The largest absolute Gasteiger partial charge is 0.401 e. The molecule has 0 saturated carbocycles. The lowest BCUT2D eigenvalue weighted by molar-refractivity contribution is -0.148. The van der Waals surface area contributed by atoms with Crippen LogP contribution in [0.1, 0.15) is 32.1 Å². The van der Waals surface area contributed by atoms with Crippen molar-refractivity contribution in [1.29, 1.82) is 0 Å². The molecule has 2 fully saturated rings. The smallest absolute Gasteiger partial charge is 0.378 e. The second kappa shape index (κ2) is 6.90. The third-order valence-corrected chi connectivity index (χ3v) is 3.91. The summed E-state index contributed by atoms with van der Waals surface area (Å²) < 4.78 is 42.3. The number of ether oxygens (including phenoxy) is 1. The van der Waals surface area contributed by atoms with Crippen LogP contribution in [0.4, 0.5) is 13.2 Å². The van der Waals surface area contributed by atoms with Gasteiger partial charge in [-0.15, -0.1) is 0 Å². The number of likely N-dealkylation sites (tertiary alicyclic amines) is 1. The standard InChI is InChI=1S/C13H23F3N2O/c14-13(15,16)10-18-7-4-11(5-8-18)17-6-3-12-2-1-9-19-12/h11-12,17H,1-10H2. The molecule has 1 atom stereocenters. The number of piperidine rings is 1. The minimum Gasteiger partial charge on any atom is -0.378 e. The fourth-order valence-electron chi connectivity index (χ4n) is 2.87. The Kier molecular flexibility index (Phi) is 5.47. The predicted octanol–water partition coefficient (Wildman–Crippen LogP) is 2.17.